The molecule has 4 saturated heterocycles. The number of aromatic nitrogens is 4. The molecule has 20 heteroatoms. The number of hydrogen-bond donors (Lipinski definition) is 4. The van der Waals surface area contributed by atoms with E-state index in [-0.39, 0.29) is 64.4 Å². The number of nitrogens with one attached hydrogen (secondary N) is 4. The van der Waals surface area contributed by atoms with E-state index in [0.29, 0.717) is 85.6 Å². The summed E-state index contributed by atoms with van der Waals surface area (Å²) in [4.78, 5) is 75.3. The molecule has 5 aliphatic rings. The van der Waals surface area contributed by atoms with E-state index in [0.717, 1.165) is 25.7 Å². The number of nitrogens with zero attached hydrogens (tertiary/aromatic N) is 6. The van der Waals surface area contributed by atoms with Crippen LogP contribution in [0.5, 0.6) is 0 Å². The highest BCUT2D eigenvalue weighted by Crippen LogP contribution is 2.55. The topological polar surface area (TPSA) is 181 Å². The molecule has 6 atom stereocenters. The zero-order valence-electron chi connectivity index (χ0n) is 42.1. The Bertz CT molecular complexity index is 2770. The van der Waals surface area contributed by atoms with E-state index in [1.807, 2.05) is 27.7 Å². The molecule has 1 spiro atoms. The highest BCUT2D eigenvalue weighted by atomic mass is 19.1. The normalized spacial score (nSPS) is 22.5. The Balaban J connectivity index is 0.996. The van der Waals surface area contributed by atoms with Crippen LogP contribution in [0, 0.1) is 40.5 Å². The second-order valence-electron chi connectivity index (χ2n) is 21.4. The predicted octanol–water partition coefficient (Wildman–Crippen LogP) is 9.55. The number of benzene rings is 3. The van der Waals surface area contributed by atoms with Crippen molar-refractivity contribution in [3.05, 3.63) is 82.4 Å². The third-order valence-corrected chi connectivity index (χ3v) is 16.2. The summed E-state index contributed by atoms with van der Waals surface area (Å²) in [5.74, 6) is -2.94. The number of alkyl carbamates (subject to hydrolysis) is 2. The van der Waals surface area contributed by atoms with Gasteiger partial charge in [0.15, 0.2) is 11.6 Å². The molecule has 73 heavy (non-hydrogen) atoms. The molecule has 5 aromatic rings. The third-order valence-electron chi connectivity index (χ3n) is 16.2. The smallest absolute Gasteiger partial charge is 0.407 e. The fourth-order valence-electron chi connectivity index (χ4n) is 12.0. The van der Waals surface area contributed by atoms with Gasteiger partial charge in [-0.25, -0.2) is 37.1 Å². The molecule has 5 fully saturated rings. The number of hydrogen-bond acceptors (Lipinski definition) is 10. The van der Waals surface area contributed by atoms with Crippen molar-refractivity contribution in [2.24, 2.45) is 17.3 Å². The van der Waals surface area contributed by atoms with Crippen molar-refractivity contribution in [1.82, 2.24) is 40.4 Å². The maximum Gasteiger partial charge on any atom is 0.407 e. The average Bonchev–Trinajstić information content (AvgIpc) is 4.03. The lowest BCUT2D eigenvalue weighted by Crippen LogP contribution is -2.51. The number of methoxy groups -OCH3 is 2. The predicted molar refractivity (Wildman–Crippen MR) is 264 cm³/mol. The summed E-state index contributed by atoms with van der Waals surface area (Å²) in [6, 6.07) is 4.12. The van der Waals surface area contributed by atoms with Crippen molar-refractivity contribution in [2.75, 3.05) is 50.2 Å². The van der Waals surface area contributed by atoms with Crippen LogP contribution < -0.4 is 20.4 Å². The van der Waals surface area contributed by atoms with Crippen LogP contribution in [0.4, 0.5) is 38.5 Å². The van der Waals surface area contributed by atoms with Gasteiger partial charge in [0, 0.05) is 55.1 Å². The number of H-pyrrole nitrogens is 2. The lowest BCUT2D eigenvalue weighted by molar-refractivity contribution is -0.136. The third kappa shape index (κ3) is 9.38. The minimum absolute atomic E-state index is 0.109. The lowest BCUT2D eigenvalue weighted by atomic mass is 9.93. The Morgan fingerprint density at radius 3 is 1.44 bits per heavy atom. The number of piperidine rings is 1. The molecule has 4 N–H and O–H groups in total. The standard InChI is InChI=1S/C53H64F4N10O6/c1-27(2)44(62-51(70)72-5)49(68)65-17-7-9-42(65)47-58-36-23-30(32(54)25-38(36)60-47)40-11-12-41(67(40)29-21-34(56)46(35(57)22-29)64-19-15-53(13-14-53)16-20-64)31-24-37-39(26-33(31)55)61-48(59-37)43-10-8-18-66(43)50(69)45(28(3)4)63-52(71)73-6/h21-28,40-45H,7-20H2,1-6H3,(H,58,60)(H,59,61)(H,62,70)(H,63,71)/t40-,41-,42+,43+,44+,45?/m1/s1. The van der Waals surface area contributed by atoms with Crippen molar-refractivity contribution >= 4 is 57.4 Å². The van der Waals surface area contributed by atoms with Gasteiger partial charge >= 0.3 is 12.2 Å². The summed E-state index contributed by atoms with van der Waals surface area (Å²) in [5, 5.41) is 5.31. The van der Waals surface area contributed by atoms with E-state index in [4.69, 9.17) is 19.4 Å². The number of carbonyl (C=O) groups excluding carboxylic acids is 4. The average molecular weight is 1010 g/mol. The van der Waals surface area contributed by atoms with Gasteiger partial charge in [-0.2, -0.15) is 0 Å². The van der Waals surface area contributed by atoms with Gasteiger partial charge in [0.25, 0.3) is 0 Å². The maximum atomic E-state index is 16.9. The van der Waals surface area contributed by atoms with E-state index in [1.54, 1.807) is 31.7 Å². The molecule has 10 rings (SSSR count). The van der Waals surface area contributed by atoms with Gasteiger partial charge in [0.1, 0.15) is 41.1 Å². The highest BCUT2D eigenvalue weighted by Gasteiger charge is 2.46. The monoisotopic (exact) mass is 1010 g/mol. The summed E-state index contributed by atoms with van der Waals surface area (Å²) in [6.07, 6.45) is 5.60. The van der Waals surface area contributed by atoms with Crippen LogP contribution in [0.15, 0.2) is 36.4 Å². The van der Waals surface area contributed by atoms with E-state index in [2.05, 4.69) is 20.6 Å². The molecule has 2 aromatic heterocycles. The molecule has 390 valence electrons. The van der Waals surface area contributed by atoms with Crippen molar-refractivity contribution in [3.8, 4) is 0 Å². The largest absolute Gasteiger partial charge is 0.453 e. The highest BCUT2D eigenvalue weighted by molar-refractivity contribution is 5.88. The summed E-state index contributed by atoms with van der Waals surface area (Å²) in [5.41, 5.74) is 2.29. The summed E-state index contributed by atoms with van der Waals surface area (Å²) < 4.78 is 76.6. The van der Waals surface area contributed by atoms with Gasteiger partial charge in [-0.1, -0.05) is 27.7 Å². The minimum atomic E-state index is -0.851. The fraction of sp³-hybridized carbons (Fsp3) is 0.547. The van der Waals surface area contributed by atoms with E-state index >= 15 is 17.6 Å². The number of carbonyl (C=O) groups is 4. The Morgan fingerprint density at radius 2 is 1.04 bits per heavy atom. The number of likely N-dealkylation sites (tertiary alicyclic amines) is 2. The maximum absolute atomic E-state index is 16.9. The zero-order valence-corrected chi connectivity index (χ0v) is 42.1. The van der Waals surface area contributed by atoms with Crippen LogP contribution in [-0.2, 0) is 19.1 Å². The fourth-order valence-corrected chi connectivity index (χ4v) is 12.0. The summed E-state index contributed by atoms with van der Waals surface area (Å²) in [6.45, 7) is 9.21. The van der Waals surface area contributed by atoms with Crippen LogP contribution in [-0.4, -0.2) is 106 Å². The first kappa shape index (κ1) is 50.0. The SMILES string of the molecule is COC(=O)NC(C(=O)N1CCC[C@H]1c1nc2cc(F)c([C@H]3CC[C@H](c4cc5[nH]c([C@@H]6CCCN6C(=O)[C@@H](NC(=O)OC)C(C)C)nc5cc4F)N3c3cc(F)c(N4CCC5(CC4)CC5)c(F)c3)cc2[nH]1)C(C)C. The molecule has 1 unspecified atom stereocenters. The molecule has 6 heterocycles. The van der Waals surface area contributed by atoms with Crippen LogP contribution in [0.3, 0.4) is 0 Å². The van der Waals surface area contributed by atoms with Gasteiger partial charge in [-0.3, -0.25) is 9.59 Å². The molecule has 0 radical (unpaired) electrons. The van der Waals surface area contributed by atoms with Crippen LogP contribution >= 0.6 is 0 Å². The van der Waals surface area contributed by atoms with Gasteiger partial charge in [0.05, 0.1) is 60.5 Å². The number of fused-ring (bicyclic) bond motifs is 2. The van der Waals surface area contributed by atoms with Crippen LogP contribution in [0.25, 0.3) is 22.1 Å². The van der Waals surface area contributed by atoms with Gasteiger partial charge < -0.3 is 49.7 Å². The summed E-state index contributed by atoms with van der Waals surface area (Å²) >= 11 is 0. The Morgan fingerprint density at radius 1 is 0.603 bits per heavy atom. The quantitative estimate of drug-likeness (QED) is 0.0879. The first-order valence-electron chi connectivity index (χ1n) is 25.7. The van der Waals surface area contributed by atoms with Crippen molar-refractivity contribution < 1.29 is 46.2 Å². The number of anilines is 2. The van der Waals surface area contributed by atoms with Crippen molar-refractivity contribution in [3.63, 3.8) is 0 Å². The van der Waals surface area contributed by atoms with Crippen molar-refractivity contribution in [1.29, 1.82) is 0 Å². The second kappa shape index (κ2) is 19.7. The molecule has 3 aromatic carbocycles. The number of rotatable bonds is 12. The molecular weight excluding hydrogens is 949 g/mol. The molecule has 0 bridgehead atoms. The molecule has 16 nitrogen and oxygen atoms in total. The molecule has 4 amide bonds. The minimum Gasteiger partial charge on any atom is -0.453 e. The van der Waals surface area contributed by atoms with Crippen LogP contribution in [0.1, 0.15) is 139 Å². The van der Waals surface area contributed by atoms with Crippen LogP contribution in [0.2, 0.25) is 0 Å². The number of amides is 4. The Kier molecular flexibility index (Phi) is 13.5. The zero-order chi connectivity index (χ0) is 51.6. The van der Waals surface area contributed by atoms with E-state index in [1.165, 1.54) is 38.5 Å². The molecule has 1 saturated carbocycles. The van der Waals surface area contributed by atoms with Gasteiger partial charge in [-0.15, -0.1) is 0 Å². The Hall–Kier alpha value is -6.60. The second-order valence-corrected chi connectivity index (χ2v) is 21.4. The molecule has 4 aliphatic heterocycles. The first-order valence-corrected chi connectivity index (χ1v) is 25.7. The number of aromatic amines is 2. The van der Waals surface area contributed by atoms with E-state index < -0.39 is 71.7 Å². The number of imidazole rings is 2. The first-order chi connectivity index (χ1) is 35.0. The van der Waals surface area contributed by atoms with Gasteiger partial charge in [0.2, 0.25) is 11.8 Å². The van der Waals surface area contributed by atoms with Crippen molar-refractivity contribution in [2.45, 2.75) is 128 Å². The molecule has 1 aliphatic carbocycles. The molecular formula is C53H64F4N10O6. The number of halogens is 4. The van der Waals surface area contributed by atoms with E-state index in [9.17, 15) is 19.2 Å². The lowest BCUT2D eigenvalue weighted by Gasteiger charge is -2.36. The number of ether oxygens (including phenoxy) is 2. The van der Waals surface area contributed by atoms with Gasteiger partial charge in [-0.05, 0) is 106 Å². The summed E-state index contributed by atoms with van der Waals surface area (Å²) in [7, 11) is 2.47. The Labute approximate surface area is 420 Å².